The highest BCUT2D eigenvalue weighted by Gasteiger charge is 2.31. The van der Waals surface area contributed by atoms with Gasteiger partial charge in [0.15, 0.2) is 0 Å². The third-order valence-electron chi connectivity index (χ3n) is 3.57. The maximum Gasteiger partial charge on any atom is 0.353 e. The van der Waals surface area contributed by atoms with Crippen LogP contribution in [0.5, 0.6) is 0 Å². The molecule has 3 N–H and O–H groups in total. The Morgan fingerprint density at radius 3 is 2.54 bits per heavy atom. The molecule has 0 radical (unpaired) electrons. The van der Waals surface area contributed by atoms with Crippen LogP contribution in [0.3, 0.4) is 0 Å². The van der Waals surface area contributed by atoms with Gasteiger partial charge in [-0.2, -0.15) is 0 Å². The van der Waals surface area contributed by atoms with Crippen molar-refractivity contribution in [3.8, 4) is 0 Å². The van der Waals surface area contributed by atoms with Crippen molar-refractivity contribution in [2.24, 2.45) is 7.05 Å². The minimum atomic E-state index is -4.34. The summed E-state index contributed by atoms with van der Waals surface area (Å²) < 4.78 is 28.3. The highest BCUT2D eigenvalue weighted by atomic mass is 32.2. The van der Waals surface area contributed by atoms with Gasteiger partial charge in [0, 0.05) is 24.5 Å². The van der Waals surface area contributed by atoms with Crippen LogP contribution in [0.4, 0.5) is 4.79 Å². The predicted octanol–water partition coefficient (Wildman–Crippen LogP) is 1.66. The number of urea groups is 1. The number of nitrogens with one attached hydrogen (secondary N) is 2. The van der Waals surface area contributed by atoms with E-state index in [1.807, 2.05) is 11.6 Å². The molecular formula is C15H19N3O5S. The lowest BCUT2D eigenvalue weighted by Crippen LogP contribution is -2.40. The zero-order valence-electron chi connectivity index (χ0n) is 13.4. The number of benzene rings is 1. The molecule has 130 valence electrons. The molecule has 0 saturated heterocycles. The van der Waals surface area contributed by atoms with E-state index in [2.05, 4.69) is 5.32 Å². The van der Waals surface area contributed by atoms with Crippen LogP contribution >= 0.6 is 0 Å². The Labute approximate surface area is 139 Å². The first-order chi connectivity index (χ1) is 11.3. The number of aromatic carboxylic acids is 1. The molecule has 8 nitrogen and oxygen atoms in total. The van der Waals surface area contributed by atoms with E-state index in [1.54, 1.807) is 18.2 Å². The maximum absolute atomic E-state index is 12.6. The second kappa shape index (κ2) is 6.91. The Kier molecular flexibility index (Phi) is 5.13. The van der Waals surface area contributed by atoms with Crippen molar-refractivity contribution in [3.63, 3.8) is 0 Å². The molecule has 1 aromatic carbocycles. The molecule has 0 unspecified atom stereocenters. The van der Waals surface area contributed by atoms with Gasteiger partial charge >= 0.3 is 12.0 Å². The minimum Gasteiger partial charge on any atom is -0.477 e. The van der Waals surface area contributed by atoms with E-state index in [1.165, 1.54) is 17.7 Å². The van der Waals surface area contributed by atoms with Crippen molar-refractivity contribution >= 4 is 32.9 Å². The van der Waals surface area contributed by atoms with Gasteiger partial charge in [0.05, 0.1) is 0 Å². The standard InChI is InChI=1S/C15H19N3O5S/c1-3-4-9-16-15(21)17-24(22,23)13-10-7-5-6-8-11(10)18(2)12(13)14(19)20/h5-8H,3-4,9H2,1-2H3,(H,19,20)(H2,16,17,21). The smallest absolute Gasteiger partial charge is 0.353 e. The summed E-state index contributed by atoms with van der Waals surface area (Å²) in [5.74, 6) is -1.39. The summed E-state index contributed by atoms with van der Waals surface area (Å²) in [6.45, 7) is 2.27. The molecule has 0 fully saturated rings. The number of nitrogens with zero attached hydrogens (tertiary/aromatic N) is 1. The van der Waals surface area contributed by atoms with Crippen LogP contribution in [0.1, 0.15) is 30.3 Å². The fourth-order valence-corrected chi connectivity index (χ4v) is 3.82. The van der Waals surface area contributed by atoms with E-state index < -0.39 is 32.6 Å². The van der Waals surface area contributed by atoms with Gasteiger partial charge in [-0.15, -0.1) is 0 Å². The van der Waals surface area contributed by atoms with Gasteiger partial charge in [-0.05, 0) is 12.5 Å². The number of carbonyl (C=O) groups is 2. The zero-order valence-corrected chi connectivity index (χ0v) is 14.2. The number of unbranched alkanes of at least 4 members (excludes halogenated alkanes) is 1. The Balaban J connectivity index is 2.48. The summed E-state index contributed by atoms with van der Waals surface area (Å²) in [4.78, 5) is 22.9. The fraction of sp³-hybridized carbons (Fsp3) is 0.333. The minimum absolute atomic E-state index is 0.242. The van der Waals surface area contributed by atoms with E-state index in [0.717, 1.165) is 6.42 Å². The maximum atomic E-state index is 12.6. The number of carboxylic acids is 1. The van der Waals surface area contributed by atoms with Gasteiger partial charge in [0.25, 0.3) is 10.0 Å². The van der Waals surface area contributed by atoms with Gasteiger partial charge in [-0.3, -0.25) is 0 Å². The van der Waals surface area contributed by atoms with Crippen molar-refractivity contribution in [2.75, 3.05) is 6.54 Å². The van der Waals surface area contributed by atoms with E-state index in [9.17, 15) is 23.1 Å². The van der Waals surface area contributed by atoms with Crippen LogP contribution in [0.15, 0.2) is 29.2 Å². The molecule has 0 spiro atoms. The number of carboxylic acid groups (broad SMARTS) is 1. The van der Waals surface area contributed by atoms with Crippen molar-refractivity contribution < 1.29 is 23.1 Å². The molecule has 1 aromatic heterocycles. The molecule has 9 heteroatoms. The average molecular weight is 353 g/mol. The van der Waals surface area contributed by atoms with Crippen LogP contribution in [0.25, 0.3) is 10.9 Å². The van der Waals surface area contributed by atoms with E-state index >= 15 is 0 Å². The number of aromatic nitrogens is 1. The molecular weight excluding hydrogens is 334 g/mol. The number of hydrogen-bond donors (Lipinski definition) is 3. The first-order valence-corrected chi connectivity index (χ1v) is 8.89. The molecule has 0 aliphatic rings. The van der Waals surface area contributed by atoms with Gasteiger partial charge in [0.1, 0.15) is 10.6 Å². The lowest BCUT2D eigenvalue weighted by molar-refractivity contribution is 0.0682. The van der Waals surface area contributed by atoms with Gasteiger partial charge in [-0.1, -0.05) is 31.5 Å². The summed E-state index contributed by atoms with van der Waals surface area (Å²) in [5.41, 5.74) is 0.0479. The SMILES string of the molecule is CCCCNC(=O)NS(=O)(=O)c1c(C(=O)O)n(C)c2ccccc12. The highest BCUT2D eigenvalue weighted by molar-refractivity contribution is 7.90. The molecule has 0 bridgehead atoms. The van der Waals surface area contributed by atoms with Gasteiger partial charge in [-0.25, -0.2) is 22.7 Å². The zero-order chi connectivity index (χ0) is 17.9. The third kappa shape index (κ3) is 3.35. The number of aryl methyl sites for hydroxylation is 1. The molecule has 24 heavy (non-hydrogen) atoms. The average Bonchev–Trinajstić information content (AvgIpc) is 2.81. The second-order valence-corrected chi connectivity index (χ2v) is 6.89. The van der Waals surface area contributed by atoms with Crippen LogP contribution < -0.4 is 10.0 Å². The van der Waals surface area contributed by atoms with E-state index in [0.29, 0.717) is 18.5 Å². The first-order valence-electron chi connectivity index (χ1n) is 7.41. The fourth-order valence-electron chi connectivity index (χ4n) is 2.46. The molecule has 2 amide bonds. The lowest BCUT2D eigenvalue weighted by Gasteiger charge is -2.09. The molecule has 0 atom stereocenters. The Morgan fingerprint density at radius 2 is 1.92 bits per heavy atom. The quantitative estimate of drug-likeness (QED) is 0.683. The Morgan fingerprint density at radius 1 is 1.25 bits per heavy atom. The number of para-hydroxylation sites is 1. The monoisotopic (exact) mass is 353 g/mol. The number of fused-ring (bicyclic) bond motifs is 1. The summed E-state index contributed by atoms with van der Waals surface area (Å²) >= 11 is 0. The summed E-state index contributed by atoms with van der Waals surface area (Å²) in [6.07, 6.45) is 1.56. The summed E-state index contributed by atoms with van der Waals surface area (Å²) in [6, 6.07) is 5.52. The number of hydrogen-bond acceptors (Lipinski definition) is 4. The number of rotatable bonds is 6. The van der Waals surface area contributed by atoms with Crippen molar-refractivity contribution in [1.82, 2.24) is 14.6 Å². The van der Waals surface area contributed by atoms with Crippen molar-refractivity contribution in [3.05, 3.63) is 30.0 Å². The van der Waals surface area contributed by atoms with Crippen LogP contribution in [0, 0.1) is 0 Å². The van der Waals surface area contributed by atoms with Gasteiger partial charge < -0.3 is 15.0 Å². The summed E-state index contributed by atoms with van der Waals surface area (Å²) in [7, 11) is -2.88. The normalized spacial score (nSPS) is 11.4. The predicted molar refractivity (Wildman–Crippen MR) is 88.5 cm³/mol. The van der Waals surface area contributed by atoms with Crippen molar-refractivity contribution in [2.45, 2.75) is 24.7 Å². The Bertz CT molecular complexity index is 886. The molecule has 0 aliphatic carbocycles. The number of amides is 2. The number of sulfonamides is 1. The van der Waals surface area contributed by atoms with Crippen molar-refractivity contribution in [1.29, 1.82) is 0 Å². The largest absolute Gasteiger partial charge is 0.477 e. The molecule has 0 aliphatic heterocycles. The van der Waals surface area contributed by atoms with Gasteiger partial charge in [0.2, 0.25) is 0 Å². The first kappa shape index (κ1) is 17.8. The topological polar surface area (TPSA) is 118 Å². The number of carbonyl (C=O) groups excluding carboxylic acids is 1. The van der Waals surface area contributed by atoms with E-state index in [4.69, 9.17) is 0 Å². The molecule has 1 heterocycles. The lowest BCUT2D eigenvalue weighted by atomic mass is 10.2. The van der Waals surface area contributed by atoms with Crippen LogP contribution in [-0.2, 0) is 17.1 Å². The Hall–Kier alpha value is -2.55. The third-order valence-corrected chi connectivity index (χ3v) is 4.98. The highest BCUT2D eigenvalue weighted by Crippen LogP contribution is 2.29. The van der Waals surface area contributed by atoms with E-state index in [-0.39, 0.29) is 5.39 Å². The van der Waals surface area contributed by atoms with Crippen LogP contribution in [-0.4, -0.2) is 36.6 Å². The summed E-state index contributed by atoms with van der Waals surface area (Å²) in [5, 5.41) is 12.1. The molecule has 2 aromatic rings. The van der Waals surface area contributed by atoms with Crippen LogP contribution in [0.2, 0.25) is 0 Å². The second-order valence-electron chi connectivity index (χ2n) is 5.27. The molecule has 2 rings (SSSR count). The molecule has 0 saturated carbocycles.